The average molecular weight is 225 g/mol. The van der Waals surface area contributed by atoms with E-state index in [4.69, 9.17) is 5.73 Å². The molecule has 0 aromatic carbocycles. The fourth-order valence-corrected chi connectivity index (χ4v) is 1.78. The molecule has 1 aromatic rings. The second-order valence-electron chi connectivity index (χ2n) is 4.04. The van der Waals surface area contributed by atoms with Gasteiger partial charge in [0.15, 0.2) is 0 Å². The number of aromatic nitrogens is 3. The van der Waals surface area contributed by atoms with Gasteiger partial charge in [0.2, 0.25) is 0 Å². The first-order chi connectivity index (χ1) is 7.80. The highest BCUT2D eigenvalue weighted by atomic mass is 15.4. The third kappa shape index (κ3) is 4.28. The highest BCUT2D eigenvalue weighted by Crippen LogP contribution is 2.02. The maximum Gasteiger partial charge on any atom is 0.0967 e. The van der Waals surface area contributed by atoms with Crippen molar-refractivity contribution >= 4 is 0 Å². The van der Waals surface area contributed by atoms with Crippen LogP contribution in [0.3, 0.4) is 0 Å². The molecule has 16 heavy (non-hydrogen) atoms. The molecule has 0 unspecified atom stereocenters. The van der Waals surface area contributed by atoms with E-state index in [1.807, 2.05) is 10.9 Å². The van der Waals surface area contributed by atoms with Gasteiger partial charge in [-0.3, -0.25) is 9.58 Å². The lowest BCUT2D eigenvalue weighted by Gasteiger charge is -2.19. The van der Waals surface area contributed by atoms with Crippen molar-refractivity contribution in [3.63, 3.8) is 0 Å². The average Bonchev–Trinajstić information content (AvgIpc) is 2.67. The first-order valence-electron chi connectivity index (χ1n) is 6.11. The standard InChI is InChI=1S/C11H23N5/c1-3-6-15(7-4-2)9-11-10-16(8-5-12)14-13-11/h10H,3-9,12H2,1-2H3. The van der Waals surface area contributed by atoms with Crippen LogP contribution < -0.4 is 5.73 Å². The highest BCUT2D eigenvalue weighted by molar-refractivity contribution is 4.92. The van der Waals surface area contributed by atoms with E-state index in [1.165, 1.54) is 12.8 Å². The maximum atomic E-state index is 5.47. The van der Waals surface area contributed by atoms with Gasteiger partial charge in [-0.15, -0.1) is 5.10 Å². The van der Waals surface area contributed by atoms with Crippen LogP contribution in [0.15, 0.2) is 6.20 Å². The van der Waals surface area contributed by atoms with Crippen LogP contribution in [-0.2, 0) is 13.1 Å². The third-order valence-electron chi connectivity index (χ3n) is 2.41. The van der Waals surface area contributed by atoms with Crippen molar-refractivity contribution in [2.75, 3.05) is 19.6 Å². The Kier molecular flexibility index (Phi) is 6.03. The number of hydrogen-bond acceptors (Lipinski definition) is 4. The topological polar surface area (TPSA) is 60.0 Å². The summed E-state index contributed by atoms with van der Waals surface area (Å²) in [7, 11) is 0. The van der Waals surface area contributed by atoms with Crippen molar-refractivity contribution in [3.8, 4) is 0 Å². The number of hydrogen-bond donors (Lipinski definition) is 1. The fraction of sp³-hybridized carbons (Fsp3) is 0.818. The summed E-state index contributed by atoms with van der Waals surface area (Å²) in [6.45, 7) is 8.90. The molecule has 92 valence electrons. The lowest BCUT2D eigenvalue weighted by atomic mass is 10.3. The number of nitrogens with two attached hydrogens (primary N) is 1. The maximum absolute atomic E-state index is 5.47. The molecule has 2 N–H and O–H groups in total. The summed E-state index contributed by atoms with van der Waals surface area (Å²) in [6.07, 6.45) is 4.35. The van der Waals surface area contributed by atoms with E-state index >= 15 is 0 Å². The second-order valence-corrected chi connectivity index (χ2v) is 4.04. The molecule has 1 rings (SSSR count). The molecule has 1 aromatic heterocycles. The second kappa shape index (κ2) is 7.35. The summed E-state index contributed by atoms with van der Waals surface area (Å²) in [5, 5.41) is 8.19. The van der Waals surface area contributed by atoms with Crippen molar-refractivity contribution in [2.24, 2.45) is 5.73 Å². The van der Waals surface area contributed by atoms with E-state index in [9.17, 15) is 0 Å². The van der Waals surface area contributed by atoms with Crippen LogP contribution in [-0.4, -0.2) is 39.5 Å². The minimum absolute atomic E-state index is 0.608. The Balaban J connectivity index is 2.48. The van der Waals surface area contributed by atoms with Gasteiger partial charge in [0.25, 0.3) is 0 Å². The minimum Gasteiger partial charge on any atom is -0.329 e. The summed E-state index contributed by atoms with van der Waals surface area (Å²) >= 11 is 0. The third-order valence-corrected chi connectivity index (χ3v) is 2.41. The van der Waals surface area contributed by atoms with E-state index in [2.05, 4.69) is 29.1 Å². The van der Waals surface area contributed by atoms with Gasteiger partial charge in [0.05, 0.1) is 12.2 Å². The lowest BCUT2D eigenvalue weighted by Crippen LogP contribution is -2.25. The quantitative estimate of drug-likeness (QED) is 0.713. The molecule has 0 saturated carbocycles. The SMILES string of the molecule is CCCN(CCC)Cc1cn(CCN)nn1. The molecule has 5 nitrogen and oxygen atoms in total. The molecule has 0 radical (unpaired) electrons. The molecular formula is C11H23N5. The van der Waals surface area contributed by atoms with E-state index in [1.54, 1.807) is 0 Å². The van der Waals surface area contributed by atoms with Crippen LogP contribution in [0.1, 0.15) is 32.4 Å². The van der Waals surface area contributed by atoms with Crippen LogP contribution in [0, 0.1) is 0 Å². The van der Waals surface area contributed by atoms with E-state index in [-0.39, 0.29) is 0 Å². The molecule has 0 atom stereocenters. The van der Waals surface area contributed by atoms with Gasteiger partial charge >= 0.3 is 0 Å². The Morgan fingerprint density at radius 2 is 2.00 bits per heavy atom. The van der Waals surface area contributed by atoms with Gasteiger partial charge in [-0.05, 0) is 25.9 Å². The van der Waals surface area contributed by atoms with Gasteiger partial charge in [-0.1, -0.05) is 19.1 Å². The fourth-order valence-electron chi connectivity index (χ4n) is 1.78. The number of rotatable bonds is 8. The van der Waals surface area contributed by atoms with Gasteiger partial charge in [-0.2, -0.15) is 0 Å². The summed E-state index contributed by atoms with van der Waals surface area (Å²) in [5.41, 5.74) is 6.50. The van der Waals surface area contributed by atoms with Crippen LogP contribution in [0.2, 0.25) is 0 Å². The zero-order valence-corrected chi connectivity index (χ0v) is 10.4. The molecular weight excluding hydrogens is 202 g/mol. The van der Waals surface area contributed by atoms with Crippen LogP contribution >= 0.6 is 0 Å². The van der Waals surface area contributed by atoms with Crippen molar-refractivity contribution in [1.82, 2.24) is 19.9 Å². The van der Waals surface area contributed by atoms with E-state index < -0.39 is 0 Å². The van der Waals surface area contributed by atoms with E-state index in [0.717, 1.165) is 31.9 Å². The van der Waals surface area contributed by atoms with Crippen molar-refractivity contribution in [3.05, 3.63) is 11.9 Å². The summed E-state index contributed by atoms with van der Waals surface area (Å²) in [5.74, 6) is 0. The zero-order valence-electron chi connectivity index (χ0n) is 10.4. The van der Waals surface area contributed by atoms with Crippen molar-refractivity contribution in [2.45, 2.75) is 39.8 Å². The van der Waals surface area contributed by atoms with Crippen LogP contribution in [0.5, 0.6) is 0 Å². The Morgan fingerprint density at radius 1 is 1.31 bits per heavy atom. The minimum atomic E-state index is 0.608. The summed E-state index contributed by atoms with van der Waals surface area (Å²) in [4.78, 5) is 2.41. The van der Waals surface area contributed by atoms with E-state index in [0.29, 0.717) is 6.54 Å². The summed E-state index contributed by atoms with van der Waals surface area (Å²) in [6, 6.07) is 0. The smallest absolute Gasteiger partial charge is 0.0967 e. The van der Waals surface area contributed by atoms with Gasteiger partial charge < -0.3 is 5.73 Å². The lowest BCUT2D eigenvalue weighted by molar-refractivity contribution is 0.263. The van der Waals surface area contributed by atoms with Crippen molar-refractivity contribution in [1.29, 1.82) is 0 Å². The predicted octanol–water partition coefficient (Wildman–Crippen LogP) is 0.859. The molecule has 0 spiro atoms. The first-order valence-corrected chi connectivity index (χ1v) is 6.11. The zero-order chi connectivity index (χ0) is 11.8. The van der Waals surface area contributed by atoms with Crippen LogP contribution in [0.4, 0.5) is 0 Å². The molecule has 0 aliphatic heterocycles. The molecule has 0 bridgehead atoms. The Morgan fingerprint density at radius 3 is 2.56 bits per heavy atom. The normalized spacial score (nSPS) is 11.2. The molecule has 0 aliphatic rings. The Hall–Kier alpha value is -0.940. The van der Waals surface area contributed by atoms with Gasteiger partial charge in [0.1, 0.15) is 0 Å². The molecule has 1 heterocycles. The molecule has 5 heteroatoms. The molecule has 0 saturated heterocycles. The molecule has 0 amide bonds. The van der Waals surface area contributed by atoms with Crippen molar-refractivity contribution < 1.29 is 0 Å². The highest BCUT2D eigenvalue weighted by Gasteiger charge is 2.07. The van der Waals surface area contributed by atoms with Crippen LogP contribution in [0.25, 0.3) is 0 Å². The van der Waals surface area contributed by atoms with Gasteiger partial charge in [0, 0.05) is 19.3 Å². The predicted molar refractivity (Wildman–Crippen MR) is 64.9 cm³/mol. The Bertz CT molecular complexity index is 278. The summed E-state index contributed by atoms with van der Waals surface area (Å²) < 4.78 is 1.81. The largest absolute Gasteiger partial charge is 0.329 e. The first kappa shape index (κ1) is 13.1. The number of nitrogens with zero attached hydrogens (tertiary/aromatic N) is 4. The molecule has 0 fully saturated rings. The monoisotopic (exact) mass is 225 g/mol. The molecule has 0 aliphatic carbocycles. The van der Waals surface area contributed by atoms with Gasteiger partial charge in [-0.25, -0.2) is 0 Å². The Labute approximate surface area is 97.6 Å².